The highest BCUT2D eigenvalue weighted by Gasteiger charge is 2.32. The summed E-state index contributed by atoms with van der Waals surface area (Å²) in [5, 5.41) is 2.87. The molecule has 0 bridgehead atoms. The van der Waals surface area contributed by atoms with Crippen molar-refractivity contribution in [2.75, 3.05) is 13.2 Å². The van der Waals surface area contributed by atoms with Gasteiger partial charge in [-0.05, 0) is 45.9 Å². The number of amides is 1. The highest BCUT2D eigenvalue weighted by molar-refractivity contribution is 9.10. The molecule has 122 valence electrons. The number of halogens is 1. The number of carbonyl (C=O) groups excluding carboxylic acids is 1. The van der Waals surface area contributed by atoms with Gasteiger partial charge >= 0.3 is 0 Å². The molecule has 1 amide bonds. The SMILES string of the molecule is CC(C)Oc1cc(Br)ccc1C(=O)NC[C@H]1COC(C)(C)O1. The molecule has 1 N–H and O–H groups in total. The normalized spacial score (nSPS) is 20.2. The Bertz CT molecular complexity index is 545. The predicted octanol–water partition coefficient (Wildman–Crippen LogP) is 3.12. The van der Waals surface area contributed by atoms with E-state index >= 15 is 0 Å². The van der Waals surface area contributed by atoms with E-state index in [0.29, 0.717) is 24.5 Å². The molecule has 1 saturated heterocycles. The molecule has 1 atom stereocenters. The van der Waals surface area contributed by atoms with Crippen molar-refractivity contribution in [2.24, 2.45) is 0 Å². The van der Waals surface area contributed by atoms with Gasteiger partial charge in [-0.15, -0.1) is 0 Å². The molecular formula is C16H22BrNO4. The molecule has 1 aliphatic heterocycles. The number of rotatable bonds is 5. The molecule has 0 aliphatic carbocycles. The lowest BCUT2D eigenvalue weighted by Crippen LogP contribution is -2.34. The topological polar surface area (TPSA) is 56.8 Å². The van der Waals surface area contributed by atoms with Crippen LogP contribution in [0.5, 0.6) is 5.75 Å². The standard InChI is InChI=1S/C16H22BrNO4/c1-10(2)21-14-7-11(17)5-6-13(14)15(19)18-8-12-9-20-16(3,4)22-12/h5-7,10,12H,8-9H2,1-4H3,(H,18,19)/t12-/m0/s1. The average Bonchev–Trinajstić information content (AvgIpc) is 2.75. The first-order chi connectivity index (χ1) is 10.3. The van der Waals surface area contributed by atoms with Gasteiger partial charge in [-0.2, -0.15) is 0 Å². The summed E-state index contributed by atoms with van der Waals surface area (Å²) in [6.45, 7) is 8.45. The van der Waals surface area contributed by atoms with Gasteiger partial charge in [0, 0.05) is 11.0 Å². The van der Waals surface area contributed by atoms with Gasteiger partial charge in [0.1, 0.15) is 11.9 Å². The molecule has 1 aromatic carbocycles. The van der Waals surface area contributed by atoms with E-state index in [-0.39, 0.29) is 18.1 Å². The third-order valence-corrected chi connectivity index (χ3v) is 3.60. The summed E-state index contributed by atoms with van der Waals surface area (Å²) in [5.74, 6) is -0.207. The quantitative estimate of drug-likeness (QED) is 0.863. The van der Waals surface area contributed by atoms with Crippen molar-refractivity contribution in [1.29, 1.82) is 0 Å². The molecule has 5 nitrogen and oxygen atoms in total. The summed E-state index contributed by atoms with van der Waals surface area (Å²) in [6.07, 6.45) is -0.142. The summed E-state index contributed by atoms with van der Waals surface area (Å²) >= 11 is 3.39. The zero-order valence-electron chi connectivity index (χ0n) is 13.3. The molecule has 1 aromatic rings. The molecule has 2 rings (SSSR count). The summed E-state index contributed by atoms with van der Waals surface area (Å²) < 4.78 is 17.7. The van der Waals surface area contributed by atoms with Crippen LogP contribution in [0.4, 0.5) is 0 Å². The minimum absolute atomic E-state index is 0.00628. The Hall–Kier alpha value is -1.11. The number of carbonyl (C=O) groups is 1. The monoisotopic (exact) mass is 371 g/mol. The Labute approximate surface area is 139 Å². The van der Waals surface area contributed by atoms with Crippen molar-refractivity contribution in [1.82, 2.24) is 5.32 Å². The highest BCUT2D eigenvalue weighted by Crippen LogP contribution is 2.25. The van der Waals surface area contributed by atoms with Crippen molar-refractivity contribution in [3.63, 3.8) is 0 Å². The zero-order chi connectivity index (χ0) is 16.3. The molecular weight excluding hydrogens is 350 g/mol. The van der Waals surface area contributed by atoms with Gasteiger partial charge < -0.3 is 19.5 Å². The first-order valence-corrected chi connectivity index (χ1v) is 8.12. The Morgan fingerprint density at radius 3 is 2.82 bits per heavy atom. The minimum Gasteiger partial charge on any atom is -0.490 e. The molecule has 0 aromatic heterocycles. The van der Waals surface area contributed by atoms with Crippen molar-refractivity contribution < 1.29 is 19.0 Å². The Morgan fingerprint density at radius 1 is 1.50 bits per heavy atom. The second kappa shape index (κ2) is 6.98. The van der Waals surface area contributed by atoms with Gasteiger partial charge in [-0.25, -0.2) is 0 Å². The maximum Gasteiger partial charge on any atom is 0.255 e. The van der Waals surface area contributed by atoms with Gasteiger partial charge in [0.2, 0.25) is 0 Å². The first kappa shape index (κ1) is 17.2. The van der Waals surface area contributed by atoms with Crippen LogP contribution in [0.15, 0.2) is 22.7 Å². The Kier molecular flexibility index (Phi) is 5.47. The average molecular weight is 372 g/mol. The number of benzene rings is 1. The molecule has 6 heteroatoms. The zero-order valence-corrected chi connectivity index (χ0v) is 14.9. The van der Waals surface area contributed by atoms with E-state index in [2.05, 4.69) is 21.2 Å². The highest BCUT2D eigenvalue weighted by atomic mass is 79.9. The lowest BCUT2D eigenvalue weighted by Gasteiger charge is -2.18. The van der Waals surface area contributed by atoms with Crippen LogP contribution in [-0.4, -0.2) is 37.1 Å². The van der Waals surface area contributed by atoms with Crippen molar-refractivity contribution >= 4 is 21.8 Å². The van der Waals surface area contributed by atoms with Gasteiger partial charge in [0.25, 0.3) is 5.91 Å². The molecule has 1 fully saturated rings. The van der Waals surface area contributed by atoms with E-state index in [1.807, 2.05) is 33.8 Å². The molecule has 0 spiro atoms. The van der Waals surface area contributed by atoms with Crippen LogP contribution in [0.1, 0.15) is 38.1 Å². The van der Waals surface area contributed by atoms with E-state index < -0.39 is 5.79 Å². The van der Waals surface area contributed by atoms with Crippen molar-refractivity contribution in [2.45, 2.75) is 45.7 Å². The van der Waals surface area contributed by atoms with Crippen LogP contribution in [0.2, 0.25) is 0 Å². The van der Waals surface area contributed by atoms with Crippen LogP contribution in [0.25, 0.3) is 0 Å². The fraction of sp³-hybridized carbons (Fsp3) is 0.562. The summed E-state index contributed by atoms with van der Waals surface area (Å²) in [7, 11) is 0. The lowest BCUT2D eigenvalue weighted by atomic mass is 10.2. The number of hydrogen-bond acceptors (Lipinski definition) is 4. The number of hydrogen-bond donors (Lipinski definition) is 1. The van der Waals surface area contributed by atoms with E-state index in [1.54, 1.807) is 12.1 Å². The van der Waals surface area contributed by atoms with Gasteiger partial charge in [0.15, 0.2) is 5.79 Å². The molecule has 0 radical (unpaired) electrons. The van der Waals surface area contributed by atoms with Crippen LogP contribution in [0.3, 0.4) is 0 Å². The van der Waals surface area contributed by atoms with Crippen molar-refractivity contribution in [3.05, 3.63) is 28.2 Å². The second-order valence-corrected chi connectivity index (χ2v) is 6.88. The third-order valence-electron chi connectivity index (χ3n) is 3.11. The number of nitrogens with one attached hydrogen (secondary N) is 1. The predicted molar refractivity (Wildman–Crippen MR) is 87.1 cm³/mol. The molecule has 1 heterocycles. The summed E-state index contributed by atoms with van der Waals surface area (Å²) in [6, 6.07) is 5.36. The van der Waals surface area contributed by atoms with E-state index in [1.165, 1.54) is 0 Å². The smallest absolute Gasteiger partial charge is 0.255 e. The second-order valence-electron chi connectivity index (χ2n) is 5.97. The van der Waals surface area contributed by atoms with E-state index in [4.69, 9.17) is 14.2 Å². The third kappa shape index (κ3) is 4.69. The fourth-order valence-corrected chi connectivity index (χ4v) is 2.54. The van der Waals surface area contributed by atoms with Gasteiger partial charge in [-0.3, -0.25) is 4.79 Å². The molecule has 22 heavy (non-hydrogen) atoms. The number of ether oxygens (including phenoxy) is 3. The van der Waals surface area contributed by atoms with Gasteiger partial charge in [0.05, 0.1) is 18.3 Å². The van der Waals surface area contributed by atoms with E-state index in [9.17, 15) is 4.79 Å². The molecule has 1 aliphatic rings. The van der Waals surface area contributed by atoms with Crippen LogP contribution >= 0.6 is 15.9 Å². The largest absolute Gasteiger partial charge is 0.490 e. The van der Waals surface area contributed by atoms with Gasteiger partial charge in [-0.1, -0.05) is 15.9 Å². The van der Waals surface area contributed by atoms with Crippen LogP contribution in [0, 0.1) is 0 Å². The lowest BCUT2D eigenvalue weighted by molar-refractivity contribution is -0.137. The summed E-state index contributed by atoms with van der Waals surface area (Å²) in [4.78, 5) is 12.4. The maximum absolute atomic E-state index is 12.4. The Morgan fingerprint density at radius 2 is 2.23 bits per heavy atom. The van der Waals surface area contributed by atoms with E-state index in [0.717, 1.165) is 4.47 Å². The minimum atomic E-state index is -0.584. The molecule has 0 saturated carbocycles. The maximum atomic E-state index is 12.4. The summed E-state index contributed by atoms with van der Waals surface area (Å²) in [5.41, 5.74) is 0.509. The fourth-order valence-electron chi connectivity index (χ4n) is 2.20. The van der Waals surface area contributed by atoms with Crippen LogP contribution < -0.4 is 10.1 Å². The Balaban J connectivity index is 2.00. The van der Waals surface area contributed by atoms with Crippen molar-refractivity contribution in [3.8, 4) is 5.75 Å². The first-order valence-electron chi connectivity index (χ1n) is 7.33. The molecule has 0 unspecified atom stereocenters. The van der Waals surface area contributed by atoms with Crippen LogP contribution in [-0.2, 0) is 9.47 Å².